The van der Waals surface area contributed by atoms with Gasteiger partial charge in [0.15, 0.2) is 0 Å². The minimum Gasteiger partial charge on any atom is -0.483 e. The molecular formula is C18H23NO4. The first-order valence-corrected chi connectivity index (χ1v) is 7.70. The number of hydrogen-bond acceptors (Lipinski definition) is 4. The number of ether oxygens (including phenoxy) is 2. The Labute approximate surface area is 136 Å². The number of carbonyl (C=O) groups is 2. The van der Waals surface area contributed by atoms with E-state index in [-0.39, 0.29) is 5.97 Å². The summed E-state index contributed by atoms with van der Waals surface area (Å²) in [6.07, 6.45) is 4.49. The molecule has 1 aromatic carbocycles. The predicted molar refractivity (Wildman–Crippen MR) is 88.8 cm³/mol. The third-order valence-electron chi connectivity index (χ3n) is 4.30. The minimum absolute atomic E-state index is 0.346. The van der Waals surface area contributed by atoms with Gasteiger partial charge in [-0.1, -0.05) is 0 Å². The van der Waals surface area contributed by atoms with Crippen LogP contribution in [0.1, 0.15) is 36.1 Å². The van der Waals surface area contributed by atoms with Gasteiger partial charge in [-0.25, -0.2) is 4.79 Å². The van der Waals surface area contributed by atoms with Crippen molar-refractivity contribution in [3.05, 3.63) is 34.4 Å². The molecule has 1 amide bonds. The van der Waals surface area contributed by atoms with Crippen LogP contribution in [0.2, 0.25) is 0 Å². The molecule has 0 bridgehead atoms. The van der Waals surface area contributed by atoms with Gasteiger partial charge in [-0.2, -0.15) is 0 Å². The Hall–Kier alpha value is -2.30. The number of fused-ring (bicyclic) bond motifs is 1. The Morgan fingerprint density at radius 3 is 2.61 bits per heavy atom. The van der Waals surface area contributed by atoms with Gasteiger partial charge in [0.1, 0.15) is 11.4 Å². The maximum Gasteiger partial charge on any atom is 0.330 e. The van der Waals surface area contributed by atoms with Crippen LogP contribution >= 0.6 is 0 Å². The molecule has 5 nitrogen and oxygen atoms in total. The number of amides is 1. The van der Waals surface area contributed by atoms with Crippen LogP contribution in [0.15, 0.2) is 12.2 Å². The SMILES string of the molecule is CCOC(=O)/C=C/C1(C)Cc2c(C)c(NC=O)c(C)c(C)c2O1. The molecule has 5 heteroatoms. The smallest absolute Gasteiger partial charge is 0.330 e. The minimum atomic E-state index is -0.600. The Bertz CT molecular complexity index is 678. The highest BCUT2D eigenvalue weighted by Gasteiger charge is 2.36. The molecule has 1 aliphatic rings. The first kappa shape index (κ1) is 17.1. The molecule has 124 valence electrons. The average molecular weight is 317 g/mol. The monoisotopic (exact) mass is 317 g/mol. The van der Waals surface area contributed by atoms with Gasteiger partial charge >= 0.3 is 5.97 Å². The number of benzene rings is 1. The molecule has 0 aromatic heterocycles. The summed E-state index contributed by atoms with van der Waals surface area (Å²) in [5.41, 5.74) is 4.29. The zero-order chi connectivity index (χ0) is 17.2. The molecule has 1 aliphatic heterocycles. The summed E-state index contributed by atoms with van der Waals surface area (Å²) in [6.45, 7) is 9.96. The molecule has 0 aliphatic carbocycles. The topological polar surface area (TPSA) is 64.6 Å². The molecule has 1 unspecified atom stereocenters. The highest BCUT2D eigenvalue weighted by Crippen LogP contribution is 2.44. The first-order valence-electron chi connectivity index (χ1n) is 7.70. The van der Waals surface area contributed by atoms with Crippen molar-refractivity contribution >= 4 is 18.1 Å². The fourth-order valence-corrected chi connectivity index (χ4v) is 2.96. The fourth-order valence-electron chi connectivity index (χ4n) is 2.96. The van der Waals surface area contributed by atoms with Crippen molar-refractivity contribution in [1.29, 1.82) is 0 Å². The van der Waals surface area contributed by atoms with Gasteiger partial charge in [0.2, 0.25) is 6.41 Å². The third-order valence-corrected chi connectivity index (χ3v) is 4.30. The Kier molecular flexibility index (Phi) is 4.78. The number of rotatable bonds is 5. The Morgan fingerprint density at radius 1 is 1.30 bits per heavy atom. The van der Waals surface area contributed by atoms with Crippen molar-refractivity contribution in [3.8, 4) is 5.75 Å². The summed E-state index contributed by atoms with van der Waals surface area (Å²) in [5, 5.41) is 2.78. The van der Waals surface area contributed by atoms with Crippen LogP contribution < -0.4 is 10.1 Å². The maximum atomic E-state index is 11.5. The Morgan fingerprint density at radius 2 is 2.00 bits per heavy atom. The average Bonchev–Trinajstić information content (AvgIpc) is 2.87. The van der Waals surface area contributed by atoms with Crippen LogP contribution in [0.25, 0.3) is 0 Å². The van der Waals surface area contributed by atoms with Crippen LogP contribution in [0.3, 0.4) is 0 Å². The van der Waals surface area contributed by atoms with Gasteiger partial charge in [0.05, 0.1) is 6.61 Å². The van der Waals surface area contributed by atoms with Gasteiger partial charge in [-0.3, -0.25) is 4.79 Å². The second-order valence-corrected chi connectivity index (χ2v) is 6.00. The second kappa shape index (κ2) is 6.44. The molecule has 2 rings (SSSR count). The van der Waals surface area contributed by atoms with Gasteiger partial charge < -0.3 is 14.8 Å². The molecule has 0 radical (unpaired) electrons. The summed E-state index contributed by atoms with van der Waals surface area (Å²) in [6, 6.07) is 0. The van der Waals surface area contributed by atoms with Crippen molar-refractivity contribution < 1.29 is 19.1 Å². The quantitative estimate of drug-likeness (QED) is 0.515. The molecule has 23 heavy (non-hydrogen) atoms. The molecule has 1 aromatic rings. The van der Waals surface area contributed by atoms with Crippen molar-refractivity contribution in [2.75, 3.05) is 11.9 Å². The standard InChI is InChI=1S/C18H23NO4/c1-6-22-15(21)7-8-18(5)9-14-13(4)16(19-10-20)11(2)12(3)17(14)23-18/h7-8,10H,6,9H2,1-5H3,(H,19,20)/b8-7+. The largest absolute Gasteiger partial charge is 0.483 e. The fraction of sp³-hybridized carbons (Fsp3) is 0.444. The van der Waals surface area contributed by atoms with E-state index >= 15 is 0 Å². The normalized spacial score (nSPS) is 19.3. The highest BCUT2D eigenvalue weighted by atomic mass is 16.5. The van der Waals surface area contributed by atoms with E-state index in [1.165, 1.54) is 6.08 Å². The summed E-state index contributed by atoms with van der Waals surface area (Å²) in [4.78, 5) is 22.4. The first-order chi connectivity index (χ1) is 10.8. The van der Waals surface area contributed by atoms with Gasteiger partial charge in [0, 0.05) is 23.7 Å². The van der Waals surface area contributed by atoms with Crippen molar-refractivity contribution in [1.82, 2.24) is 0 Å². The Balaban J connectivity index is 2.37. The van der Waals surface area contributed by atoms with E-state index in [9.17, 15) is 9.59 Å². The second-order valence-electron chi connectivity index (χ2n) is 6.00. The van der Waals surface area contributed by atoms with E-state index in [2.05, 4.69) is 5.32 Å². The highest BCUT2D eigenvalue weighted by molar-refractivity contribution is 5.82. The zero-order valence-electron chi connectivity index (χ0n) is 14.3. The van der Waals surface area contributed by atoms with Crippen molar-refractivity contribution in [3.63, 3.8) is 0 Å². The van der Waals surface area contributed by atoms with Crippen LogP contribution in [0.5, 0.6) is 5.75 Å². The molecule has 0 saturated heterocycles. The molecule has 0 fully saturated rings. The lowest BCUT2D eigenvalue weighted by atomic mass is 9.91. The number of carbonyl (C=O) groups excluding carboxylic acids is 2. The number of esters is 1. The van der Waals surface area contributed by atoms with E-state index in [1.54, 1.807) is 13.0 Å². The molecule has 1 heterocycles. The molecule has 0 spiro atoms. The maximum absolute atomic E-state index is 11.5. The van der Waals surface area contributed by atoms with E-state index < -0.39 is 5.60 Å². The van der Waals surface area contributed by atoms with E-state index in [0.717, 1.165) is 33.7 Å². The number of anilines is 1. The van der Waals surface area contributed by atoms with Crippen LogP contribution in [0.4, 0.5) is 5.69 Å². The summed E-state index contributed by atoms with van der Waals surface area (Å²) >= 11 is 0. The van der Waals surface area contributed by atoms with Crippen LogP contribution in [-0.4, -0.2) is 24.6 Å². The lowest BCUT2D eigenvalue weighted by molar-refractivity contribution is -0.137. The lowest BCUT2D eigenvalue weighted by Crippen LogP contribution is -2.27. The number of nitrogens with one attached hydrogen (secondary N) is 1. The van der Waals surface area contributed by atoms with E-state index in [1.807, 2.05) is 27.7 Å². The van der Waals surface area contributed by atoms with Crippen LogP contribution in [0, 0.1) is 20.8 Å². The van der Waals surface area contributed by atoms with Gasteiger partial charge in [-0.15, -0.1) is 0 Å². The van der Waals surface area contributed by atoms with Crippen LogP contribution in [-0.2, 0) is 20.7 Å². The molecule has 1 atom stereocenters. The van der Waals surface area contributed by atoms with E-state index in [4.69, 9.17) is 9.47 Å². The summed E-state index contributed by atoms with van der Waals surface area (Å²) < 4.78 is 11.0. The number of hydrogen-bond donors (Lipinski definition) is 1. The van der Waals surface area contributed by atoms with Gasteiger partial charge in [0.25, 0.3) is 0 Å². The van der Waals surface area contributed by atoms with Crippen molar-refractivity contribution in [2.45, 2.75) is 46.6 Å². The van der Waals surface area contributed by atoms with Gasteiger partial charge in [-0.05, 0) is 57.4 Å². The van der Waals surface area contributed by atoms with E-state index in [0.29, 0.717) is 19.4 Å². The third kappa shape index (κ3) is 3.23. The van der Waals surface area contributed by atoms with Crippen molar-refractivity contribution in [2.24, 2.45) is 0 Å². The molecular weight excluding hydrogens is 294 g/mol. The lowest BCUT2D eigenvalue weighted by Gasteiger charge is -2.20. The summed E-state index contributed by atoms with van der Waals surface area (Å²) in [7, 11) is 0. The summed E-state index contributed by atoms with van der Waals surface area (Å²) in [5.74, 6) is 0.466. The molecule has 0 saturated carbocycles. The predicted octanol–water partition coefficient (Wildman–Crippen LogP) is 2.99. The zero-order valence-corrected chi connectivity index (χ0v) is 14.3. The molecule has 1 N–H and O–H groups in total.